The number of nitrogens with zero attached hydrogens (tertiary/aromatic N) is 2. The normalized spacial score (nSPS) is 17.8. The summed E-state index contributed by atoms with van der Waals surface area (Å²) in [6.45, 7) is 5.97. The van der Waals surface area contributed by atoms with Crippen molar-refractivity contribution in [3.63, 3.8) is 0 Å². The van der Waals surface area contributed by atoms with Crippen LogP contribution < -0.4 is 5.73 Å². The number of aryl methyl sites for hydroxylation is 1. The van der Waals surface area contributed by atoms with Gasteiger partial charge < -0.3 is 5.73 Å². The molecule has 0 saturated heterocycles. The summed E-state index contributed by atoms with van der Waals surface area (Å²) < 4.78 is 0. The van der Waals surface area contributed by atoms with E-state index in [0.717, 1.165) is 18.3 Å². The first-order valence-corrected chi connectivity index (χ1v) is 6.14. The van der Waals surface area contributed by atoms with Gasteiger partial charge in [0.2, 0.25) is 0 Å². The summed E-state index contributed by atoms with van der Waals surface area (Å²) in [6.07, 6.45) is 4.62. The molecule has 88 valence electrons. The van der Waals surface area contributed by atoms with E-state index in [2.05, 4.69) is 28.9 Å². The van der Waals surface area contributed by atoms with Crippen LogP contribution in [-0.4, -0.2) is 29.0 Å². The Kier molecular flexibility index (Phi) is 3.56. The second kappa shape index (κ2) is 4.93. The second-order valence-corrected chi connectivity index (χ2v) is 4.55. The SMILES string of the molecule is CCN(C1CC1)C(CN)c1ccc(C)nc1. The molecule has 3 heteroatoms. The molecule has 1 atom stereocenters. The lowest BCUT2D eigenvalue weighted by atomic mass is 10.1. The van der Waals surface area contributed by atoms with Gasteiger partial charge in [-0.15, -0.1) is 0 Å². The van der Waals surface area contributed by atoms with Crippen LogP contribution in [0.5, 0.6) is 0 Å². The fourth-order valence-corrected chi connectivity index (χ4v) is 2.28. The second-order valence-electron chi connectivity index (χ2n) is 4.55. The Morgan fingerprint density at radius 1 is 1.50 bits per heavy atom. The summed E-state index contributed by atoms with van der Waals surface area (Å²) in [6, 6.07) is 5.31. The molecule has 1 saturated carbocycles. The van der Waals surface area contributed by atoms with Crippen LogP contribution in [0, 0.1) is 6.92 Å². The maximum Gasteiger partial charge on any atom is 0.0488 e. The predicted octanol–water partition coefficient (Wildman–Crippen LogP) is 1.87. The van der Waals surface area contributed by atoms with Gasteiger partial charge in [-0.1, -0.05) is 13.0 Å². The molecule has 16 heavy (non-hydrogen) atoms. The fraction of sp³-hybridized carbons (Fsp3) is 0.615. The van der Waals surface area contributed by atoms with Crippen LogP contribution in [0.3, 0.4) is 0 Å². The zero-order chi connectivity index (χ0) is 11.5. The summed E-state index contributed by atoms with van der Waals surface area (Å²) >= 11 is 0. The molecule has 1 aliphatic carbocycles. The molecular formula is C13H21N3. The van der Waals surface area contributed by atoms with Crippen LogP contribution in [0.1, 0.15) is 37.1 Å². The molecule has 0 bridgehead atoms. The molecule has 0 aromatic carbocycles. The number of likely N-dealkylation sites (N-methyl/N-ethyl adjacent to an activating group) is 1. The monoisotopic (exact) mass is 219 g/mol. The highest BCUT2D eigenvalue weighted by Crippen LogP contribution is 2.33. The first-order chi connectivity index (χ1) is 7.76. The van der Waals surface area contributed by atoms with Gasteiger partial charge >= 0.3 is 0 Å². The number of nitrogens with two attached hydrogens (primary N) is 1. The maximum absolute atomic E-state index is 5.92. The molecule has 1 unspecified atom stereocenters. The third-order valence-corrected chi connectivity index (χ3v) is 3.32. The third kappa shape index (κ3) is 2.42. The predicted molar refractivity (Wildman–Crippen MR) is 66.2 cm³/mol. The number of aromatic nitrogens is 1. The van der Waals surface area contributed by atoms with E-state index in [1.54, 1.807) is 0 Å². The van der Waals surface area contributed by atoms with Crippen LogP contribution >= 0.6 is 0 Å². The van der Waals surface area contributed by atoms with E-state index in [1.165, 1.54) is 18.4 Å². The molecule has 1 fully saturated rings. The Morgan fingerprint density at radius 3 is 2.69 bits per heavy atom. The highest BCUT2D eigenvalue weighted by atomic mass is 15.2. The maximum atomic E-state index is 5.92. The minimum atomic E-state index is 0.339. The van der Waals surface area contributed by atoms with E-state index < -0.39 is 0 Å². The van der Waals surface area contributed by atoms with Crippen molar-refractivity contribution < 1.29 is 0 Å². The van der Waals surface area contributed by atoms with Crippen molar-refractivity contribution in [2.75, 3.05) is 13.1 Å². The Balaban J connectivity index is 2.16. The molecular weight excluding hydrogens is 198 g/mol. The third-order valence-electron chi connectivity index (χ3n) is 3.32. The minimum Gasteiger partial charge on any atom is -0.329 e. The Morgan fingerprint density at radius 2 is 2.25 bits per heavy atom. The van der Waals surface area contributed by atoms with Gasteiger partial charge in [-0.25, -0.2) is 0 Å². The number of hydrogen-bond acceptors (Lipinski definition) is 3. The lowest BCUT2D eigenvalue weighted by Gasteiger charge is -2.30. The van der Waals surface area contributed by atoms with Crippen molar-refractivity contribution >= 4 is 0 Å². The van der Waals surface area contributed by atoms with Gasteiger partial charge in [0, 0.05) is 30.5 Å². The summed E-state index contributed by atoms with van der Waals surface area (Å²) in [5.41, 5.74) is 8.23. The Hall–Kier alpha value is -0.930. The van der Waals surface area contributed by atoms with Gasteiger partial charge in [0.15, 0.2) is 0 Å². The highest BCUT2D eigenvalue weighted by Gasteiger charge is 2.32. The van der Waals surface area contributed by atoms with E-state index in [1.807, 2.05) is 13.1 Å². The fourth-order valence-electron chi connectivity index (χ4n) is 2.28. The van der Waals surface area contributed by atoms with Crippen molar-refractivity contribution in [1.82, 2.24) is 9.88 Å². The van der Waals surface area contributed by atoms with Crippen LogP contribution in [-0.2, 0) is 0 Å². The van der Waals surface area contributed by atoms with E-state index >= 15 is 0 Å². The van der Waals surface area contributed by atoms with Crippen LogP contribution in [0.15, 0.2) is 18.3 Å². The standard InChI is InChI=1S/C13H21N3/c1-3-16(12-6-7-12)13(8-14)11-5-4-10(2)15-9-11/h4-5,9,12-13H,3,6-8,14H2,1-2H3. The lowest BCUT2D eigenvalue weighted by molar-refractivity contribution is 0.201. The molecule has 2 N–H and O–H groups in total. The molecule has 1 aromatic rings. The van der Waals surface area contributed by atoms with Gasteiger partial charge in [-0.3, -0.25) is 9.88 Å². The zero-order valence-corrected chi connectivity index (χ0v) is 10.2. The van der Waals surface area contributed by atoms with E-state index in [4.69, 9.17) is 5.73 Å². The summed E-state index contributed by atoms with van der Waals surface area (Å²) in [4.78, 5) is 6.87. The van der Waals surface area contributed by atoms with Crippen molar-refractivity contribution in [1.29, 1.82) is 0 Å². The van der Waals surface area contributed by atoms with Crippen molar-refractivity contribution in [2.45, 2.75) is 38.8 Å². The Bertz CT molecular complexity index is 330. The molecule has 0 spiro atoms. The quantitative estimate of drug-likeness (QED) is 0.822. The number of rotatable bonds is 5. The van der Waals surface area contributed by atoms with Crippen LogP contribution in [0.4, 0.5) is 0 Å². The molecule has 0 aliphatic heterocycles. The smallest absolute Gasteiger partial charge is 0.0488 e. The summed E-state index contributed by atoms with van der Waals surface area (Å²) in [5.74, 6) is 0. The first-order valence-electron chi connectivity index (χ1n) is 6.14. The molecule has 1 heterocycles. The van der Waals surface area contributed by atoms with Gasteiger partial charge in [-0.2, -0.15) is 0 Å². The average Bonchev–Trinajstić information content (AvgIpc) is 3.11. The highest BCUT2D eigenvalue weighted by molar-refractivity contribution is 5.18. The van der Waals surface area contributed by atoms with Gasteiger partial charge in [0.25, 0.3) is 0 Å². The van der Waals surface area contributed by atoms with Crippen molar-refractivity contribution in [3.05, 3.63) is 29.6 Å². The number of hydrogen-bond donors (Lipinski definition) is 1. The van der Waals surface area contributed by atoms with Crippen LogP contribution in [0.2, 0.25) is 0 Å². The van der Waals surface area contributed by atoms with Gasteiger partial charge in [0.05, 0.1) is 0 Å². The largest absolute Gasteiger partial charge is 0.329 e. The molecule has 2 rings (SSSR count). The topological polar surface area (TPSA) is 42.1 Å². The molecule has 1 aliphatic rings. The molecule has 0 amide bonds. The van der Waals surface area contributed by atoms with E-state index in [9.17, 15) is 0 Å². The van der Waals surface area contributed by atoms with E-state index in [-0.39, 0.29) is 0 Å². The molecule has 0 radical (unpaired) electrons. The zero-order valence-electron chi connectivity index (χ0n) is 10.2. The lowest BCUT2D eigenvalue weighted by Crippen LogP contribution is -2.35. The molecule has 3 nitrogen and oxygen atoms in total. The molecule has 1 aromatic heterocycles. The van der Waals surface area contributed by atoms with Gasteiger partial charge in [-0.05, 0) is 37.9 Å². The minimum absolute atomic E-state index is 0.339. The summed E-state index contributed by atoms with van der Waals surface area (Å²) in [7, 11) is 0. The van der Waals surface area contributed by atoms with E-state index in [0.29, 0.717) is 12.6 Å². The number of pyridine rings is 1. The average molecular weight is 219 g/mol. The summed E-state index contributed by atoms with van der Waals surface area (Å²) in [5, 5.41) is 0. The van der Waals surface area contributed by atoms with Crippen LogP contribution in [0.25, 0.3) is 0 Å². The van der Waals surface area contributed by atoms with Crippen molar-refractivity contribution in [3.8, 4) is 0 Å². The first kappa shape index (κ1) is 11.6. The van der Waals surface area contributed by atoms with Crippen molar-refractivity contribution in [2.24, 2.45) is 5.73 Å². The van der Waals surface area contributed by atoms with Gasteiger partial charge in [0.1, 0.15) is 0 Å². The Labute approximate surface area is 97.7 Å².